The van der Waals surface area contributed by atoms with E-state index in [0.717, 1.165) is 12.8 Å². The van der Waals surface area contributed by atoms with Crippen molar-refractivity contribution in [1.29, 1.82) is 0 Å². The normalized spacial score (nSPS) is 34.2. The first kappa shape index (κ1) is 10.8. The standard InChI is InChI=1S/C9H15ClO3/c1-3-6-7(10)4-5-13-8(6)9(11)12-2/h6-8H,3-5H2,1-2H3/t6-,7?,8-/m0/s1. The minimum atomic E-state index is -0.466. The first-order valence-corrected chi connectivity index (χ1v) is 4.97. The summed E-state index contributed by atoms with van der Waals surface area (Å²) >= 11 is 6.09. The fraction of sp³-hybridized carbons (Fsp3) is 0.889. The number of esters is 1. The van der Waals surface area contributed by atoms with Crippen LogP contribution in [-0.4, -0.2) is 31.2 Å². The fourth-order valence-corrected chi connectivity index (χ4v) is 2.06. The molecule has 0 spiro atoms. The Morgan fingerprint density at radius 1 is 1.69 bits per heavy atom. The number of alkyl halides is 1. The topological polar surface area (TPSA) is 35.5 Å². The van der Waals surface area contributed by atoms with Crippen molar-refractivity contribution < 1.29 is 14.3 Å². The summed E-state index contributed by atoms with van der Waals surface area (Å²) in [6, 6.07) is 0. The lowest BCUT2D eigenvalue weighted by atomic mass is 9.91. The van der Waals surface area contributed by atoms with E-state index in [1.165, 1.54) is 7.11 Å². The summed E-state index contributed by atoms with van der Waals surface area (Å²) in [6.45, 7) is 2.55. The van der Waals surface area contributed by atoms with E-state index in [-0.39, 0.29) is 17.3 Å². The predicted molar refractivity (Wildman–Crippen MR) is 49.8 cm³/mol. The molecular formula is C9H15ClO3. The van der Waals surface area contributed by atoms with Crippen molar-refractivity contribution in [2.24, 2.45) is 5.92 Å². The summed E-state index contributed by atoms with van der Waals surface area (Å²) in [6.07, 6.45) is 1.19. The Bertz CT molecular complexity index is 184. The van der Waals surface area contributed by atoms with Gasteiger partial charge in [-0.3, -0.25) is 0 Å². The Hall–Kier alpha value is -0.280. The van der Waals surface area contributed by atoms with Gasteiger partial charge in [-0.1, -0.05) is 6.92 Å². The molecule has 13 heavy (non-hydrogen) atoms. The number of carbonyl (C=O) groups excluding carboxylic acids is 1. The van der Waals surface area contributed by atoms with Gasteiger partial charge < -0.3 is 9.47 Å². The fourth-order valence-electron chi connectivity index (χ4n) is 1.66. The number of methoxy groups -OCH3 is 1. The zero-order valence-corrected chi connectivity index (χ0v) is 8.71. The summed E-state index contributed by atoms with van der Waals surface area (Å²) in [7, 11) is 1.37. The summed E-state index contributed by atoms with van der Waals surface area (Å²) in [5, 5.41) is 0.0304. The Kier molecular flexibility index (Phi) is 4.00. The van der Waals surface area contributed by atoms with Crippen LogP contribution in [0.3, 0.4) is 0 Å². The third-order valence-electron chi connectivity index (χ3n) is 2.45. The molecule has 1 saturated heterocycles. The maximum atomic E-state index is 11.3. The Balaban J connectivity index is 2.64. The second-order valence-corrected chi connectivity index (χ2v) is 3.75. The second kappa shape index (κ2) is 4.82. The van der Waals surface area contributed by atoms with E-state index in [4.69, 9.17) is 16.3 Å². The average molecular weight is 207 g/mol. The molecule has 4 heteroatoms. The highest BCUT2D eigenvalue weighted by molar-refractivity contribution is 6.21. The van der Waals surface area contributed by atoms with Gasteiger partial charge >= 0.3 is 5.97 Å². The van der Waals surface area contributed by atoms with Gasteiger partial charge in [0.05, 0.1) is 7.11 Å². The molecule has 3 atom stereocenters. The first-order valence-electron chi connectivity index (χ1n) is 4.54. The number of halogens is 1. The van der Waals surface area contributed by atoms with Gasteiger partial charge in [0.1, 0.15) is 0 Å². The highest BCUT2D eigenvalue weighted by Crippen LogP contribution is 2.28. The lowest BCUT2D eigenvalue weighted by Crippen LogP contribution is -2.42. The molecule has 0 aromatic heterocycles. The van der Waals surface area contributed by atoms with E-state index in [9.17, 15) is 4.79 Å². The van der Waals surface area contributed by atoms with Crippen LogP contribution in [0.25, 0.3) is 0 Å². The van der Waals surface area contributed by atoms with Crippen LogP contribution in [0.1, 0.15) is 19.8 Å². The molecule has 0 aliphatic carbocycles. The Morgan fingerprint density at radius 2 is 2.38 bits per heavy atom. The molecule has 0 bridgehead atoms. The van der Waals surface area contributed by atoms with Gasteiger partial charge in [-0.15, -0.1) is 11.6 Å². The second-order valence-electron chi connectivity index (χ2n) is 3.19. The first-order chi connectivity index (χ1) is 6.20. The molecule has 1 heterocycles. The van der Waals surface area contributed by atoms with Crippen molar-refractivity contribution >= 4 is 17.6 Å². The maximum Gasteiger partial charge on any atom is 0.335 e. The van der Waals surface area contributed by atoms with Crippen molar-refractivity contribution in [3.8, 4) is 0 Å². The summed E-state index contributed by atoms with van der Waals surface area (Å²) < 4.78 is 9.99. The average Bonchev–Trinajstić information content (AvgIpc) is 2.16. The molecule has 76 valence electrons. The van der Waals surface area contributed by atoms with E-state index in [1.54, 1.807) is 0 Å². The van der Waals surface area contributed by atoms with Crippen LogP contribution in [0.5, 0.6) is 0 Å². The predicted octanol–water partition coefficient (Wildman–Crippen LogP) is 1.58. The third kappa shape index (κ3) is 2.35. The lowest BCUT2D eigenvalue weighted by Gasteiger charge is -2.32. The van der Waals surface area contributed by atoms with E-state index < -0.39 is 6.10 Å². The van der Waals surface area contributed by atoms with Gasteiger partial charge in [0, 0.05) is 17.9 Å². The van der Waals surface area contributed by atoms with Gasteiger partial charge in [0.15, 0.2) is 6.10 Å². The number of rotatable bonds is 2. The maximum absolute atomic E-state index is 11.3. The molecule has 0 aromatic carbocycles. The quantitative estimate of drug-likeness (QED) is 0.509. The molecule has 0 saturated carbocycles. The lowest BCUT2D eigenvalue weighted by molar-refractivity contribution is -0.161. The van der Waals surface area contributed by atoms with Crippen LogP contribution in [0, 0.1) is 5.92 Å². The van der Waals surface area contributed by atoms with Gasteiger partial charge in [-0.25, -0.2) is 4.79 Å². The minimum absolute atomic E-state index is 0.0304. The van der Waals surface area contributed by atoms with Gasteiger partial charge in [0.25, 0.3) is 0 Å². The van der Waals surface area contributed by atoms with Gasteiger partial charge in [0.2, 0.25) is 0 Å². The number of carbonyl (C=O) groups is 1. The molecule has 0 amide bonds. The minimum Gasteiger partial charge on any atom is -0.467 e. The molecule has 1 aliphatic rings. The summed E-state index contributed by atoms with van der Waals surface area (Å²) in [5.41, 5.74) is 0. The zero-order chi connectivity index (χ0) is 9.84. The van der Waals surface area contributed by atoms with Crippen LogP contribution in [0.15, 0.2) is 0 Å². The van der Waals surface area contributed by atoms with Crippen LogP contribution < -0.4 is 0 Å². The highest BCUT2D eigenvalue weighted by Gasteiger charge is 2.37. The zero-order valence-electron chi connectivity index (χ0n) is 7.96. The molecule has 0 N–H and O–H groups in total. The van der Waals surface area contributed by atoms with Crippen LogP contribution in [-0.2, 0) is 14.3 Å². The number of hydrogen-bond donors (Lipinski definition) is 0. The van der Waals surface area contributed by atoms with Crippen LogP contribution >= 0.6 is 11.6 Å². The van der Waals surface area contributed by atoms with Crippen molar-refractivity contribution in [1.82, 2.24) is 0 Å². The molecule has 0 radical (unpaired) electrons. The van der Waals surface area contributed by atoms with E-state index in [1.807, 2.05) is 6.92 Å². The molecule has 1 aliphatic heterocycles. The molecule has 3 nitrogen and oxygen atoms in total. The Morgan fingerprint density at radius 3 is 2.92 bits per heavy atom. The van der Waals surface area contributed by atoms with Crippen LogP contribution in [0.2, 0.25) is 0 Å². The molecule has 1 rings (SSSR count). The smallest absolute Gasteiger partial charge is 0.335 e. The van der Waals surface area contributed by atoms with Crippen LogP contribution in [0.4, 0.5) is 0 Å². The summed E-state index contributed by atoms with van der Waals surface area (Å²) in [4.78, 5) is 11.3. The van der Waals surface area contributed by atoms with E-state index in [0.29, 0.717) is 6.61 Å². The largest absolute Gasteiger partial charge is 0.467 e. The van der Waals surface area contributed by atoms with E-state index in [2.05, 4.69) is 4.74 Å². The molecule has 0 aromatic rings. The van der Waals surface area contributed by atoms with Gasteiger partial charge in [-0.05, 0) is 12.8 Å². The molecular weight excluding hydrogens is 192 g/mol. The third-order valence-corrected chi connectivity index (χ3v) is 2.99. The van der Waals surface area contributed by atoms with Crippen molar-refractivity contribution in [2.45, 2.75) is 31.2 Å². The summed E-state index contributed by atoms with van der Waals surface area (Å²) in [5.74, 6) is -0.222. The SMILES string of the molecule is CC[C@H]1C(Cl)CCO[C@@H]1C(=O)OC. The van der Waals surface area contributed by atoms with Crippen molar-refractivity contribution in [3.05, 3.63) is 0 Å². The highest BCUT2D eigenvalue weighted by atomic mass is 35.5. The number of hydrogen-bond acceptors (Lipinski definition) is 3. The van der Waals surface area contributed by atoms with E-state index >= 15 is 0 Å². The molecule has 1 fully saturated rings. The van der Waals surface area contributed by atoms with Gasteiger partial charge in [-0.2, -0.15) is 0 Å². The number of ether oxygens (including phenoxy) is 2. The Labute approximate surface area is 83.3 Å². The monoisotopic (exact) mass is 206 g/mol. The molecule has 1 unspecified atom stereocenters. The van der Waals surface area contributed by atoms with Crippen molar-refractivity contribution in [3.63, 3.8) is 0 Å². The van der Waals surface area contributed by atoms with Crippen molar-refractivity contribution in [2.75, 3.05) is 13.7 Å².